The zero-order chi connectivity index (χ0) is 20.9. The van der Waals surface area contributed by atoms with Crippen LogP contribution in [0.3, 0.4) is 0 Å². The van der Waals surface area contributed by atoms with Crippen LogP contribution < -0.4 is 10.2 Å². The van der Waals surface area contributed by atoms with Crippen molar-refractivity contribution in [2.45, 2.75) is 6.42 Å². The Bertz CT molecular complexity index is 1010. The average molecular weight is 404 g/mol. The van der Waals surface area contributed by atoms with Crippen molar-refractivity contribution in [3.63, 3.8) is 0 Å². The summed E-state index contributed by atoms with van der Waals surface area (Å²) < 4.78 is 1.62. The molecule has 1 saturated heterocycles. The Kier molecular flexibility index (Phi) is 5.90. The maximum atomic E-state index is 13.2. The molecule has 0 unspecified atom stereocenters. The maximum Gasteiger partial charge on any atom is 0.259 e. The molecule has 2 N–H and O–H groups in total. The molecular weight excluding hydrogens is 378 g/mol. The number of quaternary nitrogens is 1. The van der Waals surface area contributed by atoms with Gasteiger partial charge in [-0.2, -0.15) is 5.10 Å². The van der Waals surface area contributed by atoms with E-state index in [1.165, 1.54) is 4.90 Å². The van der Waals surface area contributed by atoms with E-state index in [-0.39, 0.29) is 18.2 Å². The minimum Gasteiger partial charge on any atom is -0.334 e. The number of hydrogen-bond donors (Lipinski definition) is 2. The van der Waals surface area contributed by atoms with Crippen molar-refractivity contribution in [3.8, 4) is 5.69 Å². The number of nitrogens with zero attached hydrogens (tertiary/aromatic N) is 3. The van der Waals surface area contributed by atoms with Gasteiger partial charge in [0.15, 0.2) is 0 Å². The number of aromatic nitrogens is 2. The first-order valence-corrected chi connectivity index (χ1v) is 10.2. The number of benzene rings is 2. The first-order valence-electron chi connectivity index (χ1n) is 10.2. The van der Waals surface area contributed by atoms with Crippen LogP contribution in [0, 0.1) is 0 Å². The largest absolute Gasteiger partial charge is 0.334 e. The Labute approximate surface area is 175 Å². The molecule has 30 heavy (non-hydrogen) atoms. The number of hydrogen-bond acceptors (Lipinski definition) is 3. The van der Waals surface area contributed by atoms with Gasteiger partial charge in [0.05, 0.1) is 51.5 Å². The Morgan fingerprint density at radius 3 is 2.30 bits per heavy atom. The van der Waals surface area contributed by atoms with Crippen LogP contribution >= 0.6 is 0 Å². The highest BCUT2D eigenvalue weighted by Crippen LogP contribution is 2.22. The second-order valence-electron chi connectivity index (χ2n) is 7.61. The van der Waals surface area contributed by atoms with E-state index in [2.05, 4.69) is 17.5 Å². The molecule has 1 fully saturated rings. The van der Waals surface area contributed by atoms with Crippen LogP contribution in [0.4, 0.5) is 5.82 Å². The highest BCUT2D eigenvalue weighted by atomic mass is 16.2. The lowest BCUT2D eigenvalue weighted by Gasteiger charge is -2.30. The number of amides is 2. The topological polar surface area (TPSA) is 71.7 Å². The number of nitrogens with one attached hydrogen (secondary N) is 2. The van der Waals surface area contributed by atoms with Gasteiger partial charge in [-0.3, -0.25) is 9.59 Å². The van der Waals surface area contributed by atoms with Gasteiger partial charge in [-0.15, -0.1) is 0 Å². The molecular formula is C23H26N5O2+. The number of likely N-dealkylation sites (N-methyl/N-ethyl adjacent to an activating group) is 1. The minimum absolute atomic E-state index is 0.0975. The zero-order valence-electron chi connectivity index (χ0n) is 17.0. The molecule has 7 heteroatoms. The number of piperazine rings is 1. The molecule has 154 valence electrons. The number of para-hydroxylation sites is 1. The molecule has 0 aliphatic carbocycles. The third-order valence-corrected chi connectivity index (χ3v) is 5.37. The van der Waals surface area contributed by atoms with Crippen LogP contribution in [0.5, 0.6) is 0 Å². The summed E-state index contributed by atoms with van der Waals surface area (Å²) in [6.45, 7) is 3.21. The second kappa shape index (κ2) is 8.92. The van der Waals surface area contributed by atoms with E-state index in [4.69, 9.17) is 0 Å². The van der Waals surface area contributed by atoms with Crippen molar-refractivity contribution in [1.29, 1.82) is 0 Å². The zero-order valence-corrected chi connectivity index (χ0v) is 17.0. The highest BCUT2D eigenvalue weighted by molar-refractivity contribution is 6.03. The predicted octanol–water partition coefficient (Wildman–Crippen LogP) is 1.02. The van der Waals surface area contributed by atoms with E-state index in [0.717, 1.165) is 24.3 Å². The van der Waals surface area contributed by atoms with E-state index in [0.29, 0.717) is 24.5 Å². The molecule has 0 saturated carbocycles. The van der Waals surface area contributed by atoms with E-state index in [1.807, 2.05) is 65.6 Å². The molecule has 2 aromatic carbocycles. The van der Waals surface area contributed by atoms with E-state index in [9.17, 15) is 9.59 Å². The first-order chi connectivity index (χ1) is 14.6. The van der Waals surface area contributed by atoms with Crippen LogP contribution in [0.1, 0.15) is 15.9 Å². The maximum absolute atomic E-state index is 13.2. The third kappa shape index (κ3) is 4.41. The van der Waals surface area contributed by atoms with Gasteiger partial charge in [-0.05, 0) is 17.7 Å². The third-order valence-electron chi connectivity index (χ3n) is 5.37. The van der Waals surface area contributed by atoms with Gasteiger partial charge in [0.2, 0.25) is 5.91 Å². The summed E-state index contributed by atoms with van der Waals surface area (Å²) in [5.41, 5.74) is 2.12. The summed E-state index contributed by atoms with van der Waals surface area (Å²) in [7, 11) is 2.13. The average Bonchev–Trinajstić information content (AvgIpc) is 3.18. The molecule has 3 aromatic rings. The summed E-state index contributed by atoms with van der Waals surface area (Å²) in [6, 6.07) is 19.1. The lowest BCUT2D eigenvalue weighted by Crippen LogP contribution is -3.12. The molecule has 2 heterocycles. The fraction of sp³-hybridized carbons (Fsp3) is 0.261. The standard InChI is InChI=1S/C23H25N5O2/c1-26-12-14-27(15-13-26)23(30)20-17-24-28(19-10-6-3-7-11-19)22(20)25-21(29)16-18-8-4-2-5-9-18/h2-11,17H,12-16H2,1H3,(H,25,29)/p+1. The summed E-state index contributed by atoms with van der Waals surface area (Å²) >= 11 is 0. The van der Waals surface area contributed by atoms with Crippen molar-refractivity contribution in [1.82, 2.24) is 14.7 Å². The summed E-state index contributed by atoms with van der Waals surface area (Å²) in [5.74, 6) is 0.133. The van der Waals surface area contributed by atoms with Crippen LogP contribution in [0.2, 0.25) is 0 Å². The van der Waals surface area contributed by atoms with Gasteiger partial charge < -0.3 is 15.1 Å². The fourth-order valence-corrected chi connectivity index (χ4v) is 3.61. The number of carbonyl (C=O) groups is 2. The Hall–Kier alpha value is -3.45. The van der Waals surface area contributed by atoms with Crippen molar-refractivity contribution in [2.24, 2.45) is 0 Å². The molecule has 1 aromatic heterocycles. The van der Waals surface area contributed by atoms with E-state index < -0.39 is 0 Å². The number of carbonyl (C=O) groups excluding carboxylic acids is 2. The van der Waals surface area contributed by atoms with E-state index >= 15 is 0 Å². The van der Waals surface area contributed by atoms with Crippen molar-refractivity contribution >= 4 is 17.6 Å². The van der Waals surface area contributed by atoms with Gasteiger partial charge in [-0.25, -0.2) is 4.68 Å². The van der Waals surface area contributed by atoms with Gasteiger partial charge >= 0.3 is 0 Å². The van der Waals surface area contributed by atoms with Crippen molar-refractivity contribution in [3.05, 3.63) is 78.0 Å². The molecule has 1 aliphatic heterocycles. The summed E-state index contributed by atoms with van der Waals surface area (Å²) in [6.07, 6.45) is 1.78. The molecule has 0 radical (unpaired) electrons. The number of rotatable bonds is 5. The van der Waals surface area contributed by atoms with Crippen LogP contribution in [0.15, 0.2) is 66.9 Å². The monoisotopic (exact) mass is 404 g/mol. The quantitative estimate of drug-likeness (QED) is 0.667. The Morgan fingerprint density at radius 2 is 1.63 bits per heavy atom. The minimum atomic E-state index is -0.184. The second-order valence-corrected chi connectivity index (χ2v) is 7.61. The van der Waals surface area contributed by atoms with Gasteiger partial charge in [0, 0.05) is 0 Å². The van der Waals surface area contributed by atoms with Crippen LogP contribution in [-0.4, -0.2) is 59.7 Å². The Morgan fingerprint density at radius 1 is 1.00 bits per heavy atom. The van der Waals surface area contributed by atoms with Gasteiger partial charge in [0.1, 0.15) is 11.4 Å². The van der Waals surface area contributed by atoms with Gasteiger partial charge in [0.25, 0.3) is 5.91 Å². The predicted molar refractivity (Wildman–Crippen MR) is 115 cm³/mol. The molecule has 0 atom stereocenters. The van der Waals surface area contributed by atoms with Crippen LogP contribution in [0.25, 0.3) is 5.69 Å². The first kappa shape index (κ1) is 19.8. The smallest absolute Gasteiger partial charge is 0.259 e. The SMILES string of the molecule is C[NH+]1CCN(C(=O)c2cnn(-c3ccccc3)c2NC(=O)Cc2ccccc2)CC1. The molecule has 7 nitrogen and oxygen atoms in total. The molecule has 4 rings (SSSR count). The lowest BCUT2D eigenvalue weighted by molar-refractivity contribution is -0.883. The molecule has 0 spiro atoms. The number of anilines is 1. The van der Waals surface area contributed by atoms with Crippen molar-refractivity contribution < 1.29 is 14.5 Å². The normalized spacial score (nSPS) is 14.5. The molecule has 2 amide bonds. The van der Waals surface area contributed by atoms with Gasteiger partial charge in [-0.1, -0.05) is 48.5 Å². The molecule has 1 aliphatic rings. The highest BCUT2D eigenvalue weighted by Gasteiger charge is 2.27. The van der Waals surface area contributed by atoms with Crippen LogP contribution in [-0.2, 0) is 11.2 Å². The fourth-order valence-electron chi connectivity index (χ4n) is 3.61. The summed E-state index contributed by atoms with van der Waals surface area (Å²) in [4.78, 5) is 29.3. The van der Waals surface area contributed by atoms with E-state index in [1.54, 1.807) is 10.9 Å². The summed E-state index contributed by atoms with van der Waals surface area (Å²) in [5, 5.41) is 7.37. The van der Waals surface area contributed by atoms with Crippen molar-refractivity contribution in [2.75, 3.05) is 38.5 Å². The molecule has 0 bridgehead atoms. The Balaban J connectivity index is 1.62. The lowest BCUT2D eigenvalue weighted by atomic mass is 10.1.